The molecule has 3 N–H and O–H groups in total. The van der Waals surface area contributed by atoms with E-state index in [1.54, 1.807) is 35.0 Å². The van der Waals surface area contributed by atoms with Crippen molar-refractivity contribution in [1.82, 2.24) is 34.4 Å². The Balaban J connectivity index is 1.18. The van der Waals surface area contributed by atoms with Gasteiger partial charge in [-0.2, -0.15) is 0 Å². The molecule has 5 aromatic rings. The van der Waals surface area contributed by atoms with E-state index in [9.17, 15) is 8.42 Å². The van der Waals surface area contributed by atoms with Crippen molar-refractivity contribution in [2.24, 2.45) is 0 Å². The van der Waals surface area contributed by atoms with E-state index in [4.69, 9.17) is 10.1 Å². The van der Waals surface area contributed by atoms with Gasteiger partial charge in [0.25, 0.3) is 0 Å². The van der Waals surface area contributed by atoms with Crippen molar-refractivity contribution in [2.45, 2.75) is 11.4 Å². The van der Waals surface area contributed by atoms with Crippen LogP contribution in [0.15, 0.2) is 65.7 Å². The zero-order chi connectivity index (χ0) is 27.0. The molecule has 1 aliphatic rings. The van der Waals surface area contributed by atoms with Crippen molar-refractivity contribution >= 4 is 38.0 Å². The summed E-state index contributed by atoms with van der Waals surface area (Å²) in [5.41, 5.74) is 5.17. The van der Waals surface area contributed by atoms with Gasteiger partial charge in [0.05, 0.1) is 46.5 Å². The highest BCUT2D eigenvalue weighted by Gasteiger charge is 2.18. The first-order valence-corrected chi connectivity index (χ1v) is 14.7. The molecule has 0 radical (unpaired) electrons. The second-order valence-corrected chi connectivity index (χ2v) is 11.8. The number of rotatable bonds is 8. The Morgan fingerprint density at radius 3 is 2.51 bits per heavy atom. The Bertz CT molecular complexity index is 1720. The van der Waals surface area contributed by atoms with Crippen LogP contribution in [0.3, 0.4) is 0 Å². The fraction of sp³-hybridized carbons (Fsp3) is 0.296. The van der Waals surface area contributed by atoms with Gasteiger partial charge in [-0.1, -0.05) is 12.1 Å². The number of hydrogen-bond donors (Lipinski definition) is 3. The lowest BCUT2D eigenvalue weighted by Crippen LogP contribution is -2.46. The molecule has 0 bridgehead atoms. The van der Waals surface area contributed by atoms with Gasteiger partial charge in [0.2, 0.25) is 5.95 Å². The first-order valence-electron chi connectivity index (χ1n) is 12.8. The molecule has 0 atom stereocenters. The van der Waals surface area contributed by atoms with E-state index >= 15 is 0 Å². The van der Waals surface area contributed by atoms with Crippen LogP contribution in [0.2, 0.25) is 0 Å². The van der Waals surface area contributed by atoms with Crippen molar-refractivity contribution in [3.05, 3.63) is 66.6 Å². The summed E-state index contributed by atoms with van der Waals surface area (Å²) in [6.45, 7) is 5.50. The molecule has 11 nitrogen and oxygen atoms in total. The van der Waals surface area contributed by atoms with Crippen LogP contribution in [0.4, 0.5) is 11.6 Å². The molecule has 1 saturated heterocycles. The molecule has 39 heavy (non-hydrogen) atoms. The van der Waals surface area contributed by atoms with Gasteiger partial charge in [-0.05, 0) is 42.5 Å². The van der Waals surface area contributed by atoms with Crippen molar-refractivity contribution in [1.29, 1.82) is 0 Å². The van der Waals surface area contributed by atoms with Gasteiger partial charge in [0.1, 0.15) is 5.82 Å². The number of nitrogens with zero attached hydrogens (tertiary/aromatic N) is 6. The lowest BCUT2D eigenvalue weighted by Gasteiger charge is -2.33. The van der Waals surface area contributed by atoms with E-state index in [0.29, 0.717) is 5.95 Å². The highest BCUT2D eigenvalue weighted by atomic mass is 32.2. The Morgan fingerprint density at radius 2 is 1.77 bits per heavy atom. The van der Waals surface area contributed by atoms with E-state index in [2.05, 4.69) is 30.2 Å². The molecule has 4 heterocycles. The van der Waals surface area contributed by atoms with Gasteiger partial charge in [-0.25, -0.2) is 22.9 Å². The third-order valence-electron chi connectivity index (χ3n) is 7.02. The standard InChI is InChI=1S/C27H30N8O3S/c1-39(37,38)22-6-2-19(3-7-22)25-9-5-21-17-28-27(32-35(21)25)29-20-4-8-23-24(16-20)31-26(30-23)18-34-12-10-33(11-13-34)14-15-36/h2-9,16-17,36H,10-15,18H2,1H3,(H,29,32)(H,30,31). The first kappa shape index (κ1) is 25.4. The number of aliphatic hydroxyl groups is 1. The predicted molar refractivity (Wildman–Crippen MR) is 150 cm³/mol. The number of aromatic nitrogens is 5. The molecule has 202 valence electrons. The zero-order valence-electron chi connectivity index (χ0n) is 21.6. The molecule has 3 aromatic heterocycles. The van der Waals surface area contributed by atoms with Gasteiger partial charge in [-0.3, -0.25) is 9.80 Å². The molecule has 0 unspecified atom stereocenters. The fourth-order valence-electron chi connectivity index (χ4n) is 4.92. The maximum Gasteiger partial charge on any atom is 0.245 e. The Hall–Kier alpha value is -3.84. The summed E-state index contributed by atoms with van der Waals surface area (Å²) in [7, 11) is -3.26. The number of aliphatic hydroxyl groups excluding tert-OH is 1. The summed E-state index contributed by atoms with van der Waals surface area (Å²) in [5, 5.41) is 17.1. The number of fused-ring (bicyclic) bond motifs is 2. The number of hydrogen-bond acceptors (Lipinski definition) is 9. The van der Waals surface area contributed by atoms with E-state index in [1.165, 1.54) is 6.26 Å². The number of anilines is 2. The molecule has 1 fully saturated rings. The Labute approximate surface area is 226 Å². The van der Waals surface area contributed by atoms with Crippen LogP contribution in [0, 0.1) is 0 Å². The molecular weight excluding hydrogens is 516 g/mol. The quantitative estimate of drug-likeness (QED) is 0.269. The second kappa shape index (κ2) is 10.4. The average molecular weight is 547 g/mol. The maximum absolute atomic E-state index is 11.8. The molecule has 0 aliphatic carbocycles. The first-order chi connectivity index (χ1) is 18.9. The van der Waals surface area contributed by atoms with Crippen LogP contribution in [-0.4, -0.2) is 93.5 Å². The van der Waals surface area contributed by atoms with E-state index in [0.717, 1.165) is 78.6 Å². The number of β-amino-alcohol motifs (C(OH)–C–C–N with tert-alkyl or cyclic N) is 1. The molecule has 2 aromatic carbocycles. The summed E-state index contributed by atoms with van der Waals surface area (Å²) in [5.74, 6) is 1.36. The highest BCUT2D eigenvalue weighted by Crippen LogP contribution is 2.25. The molecule has 6 rings (SSSR count). The van der Waals surface area contributed by atoms with Gasteiger partial charge in [0, 0.05) is 50.2 Å². The van der Waals surface area contributed by atoms with Crippen molar-refractivity contribution in [3.63, 3.8) is 0 Å². The monoisotopic (exact) mass is 546 g/mol. The summed E-state index contributed by atoms with van der Waals surface area (Å²) in [4.78, 5) is 17.6. The predicted octanol–water partition coefficient (Wildman–Crippen LogP) is 2.53. The van der Waals surface area contributed by atoms with Crippen molar-refractivity contribution < 1.29 is 13.5 Å². The average Bonchev–Trinajstić information content (AvgIpc) is 3.52. The molecule has 0 amide bonds. The van der Waals surface area contributed by atoms with Crippen molar-refractivity contribution in [2.75, 3.05) is 50.9 Å². The van der Waals surface area contributed by atoms with E-state index < -0.39 is 9.84 Å². The fourth-order valence-corrected chi connectivity index (χ4v) is 5.55. The minimum atomic E-state index is -3.26. The third-order valence-corrected chi connectivity index (χ3v) is 8.15. The molecule has 1 aliphatic heterocycles. The van der Waals surface area contributed by atoms with Crippen LogP contribution in [0.25, 0.3) is 27.8 Å². The maximum atomic E-state index is 11.8. The highest BCUT2D eigenvalue weighted by molar-refractivity contribution is 7.90. The zero-order valence-corrected chi connectivity index (χ0v) is 22.4. The van der Waals surface area contributed by atoms with Crippen LogP contribution < -0.4 is 5.32 Å². The number of piperazine rings is 1. The Morgan fingerprint density at radius 1 is 1.00 bits per heavy atom. The molecule has 0 saturated carbocycles. The summed E-state index contributed by atoms with van der Waals surface area (Å²) < 4.78 is 25.4. The smallest absolute Gasteiger partial charge is 0.245 e. The van der Waals surface area contributed by atoms with Crippen LogP contribution in [0.5, 0.6) is 0 Å². The number of nitrogens with one attached hydrogen (secondary N) is 2. The SMILES string of the molecule is CS(=O)(=O)c1ccc(-c2ccc3cnc(Nc4ccc5[nH]c(CN6CCN(CCO)CC6)nc5c4)nn23)cc1. The van der Waals surface area contributed by atoms with Gasteiger partial charge >= 0.3 is 0 Å². The van der Waals surface area contributed by atoms with Crippen LogP contribution in [-0.2, 0) is 16.4 Å². The largest absolute Gasteiger partial charge is 0.395 e. The normalized spacial score (nSPS) is 15.3. The third kappa shape index (κ3) is 5.50. The van der Waals surface area contributed by atoms with E-state index in [-0.39, 0.29) is 11.5 Å². The van der Waals surface area contributed by atoms with Crippen molar-refractivity contribution in [3.8, 4) is 11.3 Å². The minimum Gasteiger partial charge on any atom is -0.395 e. The van der Waals surface area contributed by atoms with Gasteiger partial charge in [-0.15, -0.1) is 5.10 Å². The number of aromatic amines is 1. The van der Waals surface area contributed by atoms with Gasteiger partial charge < -0.3 is 15.4 Å². The Kier molecular flexibility index (Phi) is 6.77. The summed E-state index contributed by atoms with van der Waals surface area (Å²) >= 11 is 0. The summed E-state index contributed by atoms with van der Waals surface area (Å²) in [6.07, 6.45) is 2.94. The molecule has 12 heteroatoms. The lowest BCUT2D eigenvalue weighted by molar-refractivity contribution is 0.107. The second-order valence-electron chi connectivity index (χ2n) is 9.82. The topological polar surface area (TPSA) is 132 Å². The van der Waals surface area contributed by atoms with Crippen LogP contribution in [0.1, 0.15) is 5.82 Å². The number of benzene rings is 2. The number of H-pyrrole nitrogens is 1. The number of sulfone groups is 1. The van der Waals surface area contributed by atoms with E-state index in [1.807, 2.05) is 30.3 Å². The van der Waals surface area contributed by atoms with Crippen LogP contribution >= 0.6 is 0 Å². The summed E-state index contributed by atoms with van der Waals surface area (Å²) in [6, 6.07) is 16.6. The van der Waals surface area contributed by atoms with Gasteiger partial charge in [0.15, 0.2) is 9.84 Å². The molecule has 0 spiro atoms. The number of imidazole rings is 1. The molecular formula is C27H30N8O3S. The lowest BCUT2D eigenvalue weighted by atomic mass is 10.2. The minimum absolute atomic E-state index is 0.201.